The summed E-state index contributed by atoms with van der Waals surface area (Å²) >= 11 is 5.02. The SMILES string of the molecule is NC(=S)Cc1nc2ccccc2n1CC1CCOC1. The molecule has 19 heavy (non-hydrogen) atoms. The first-order valence-corrected chi connectivity index (χ1v) is 6.95. The molecule has 1 fully saturated rings. The number of rotatable bonds is 4. The van der Waals surface area contributed by atoms with Crippen molar-refractivity contribution in [1.82, 2.24) is 9.55 Å². The monoisotopic (exact) mass is 275 g/mol. The molecule has 3 rings (SSSR count). The summed E-state index contributed by atoms with van der Waals surface area (Å²) < 4.78 is 7.70. The second-order valence-electron chi connectivity index (χ2n) is 5.00. The quantitative estimate of drug-likeness (QED) is 0.866. The molecule has 2 N–H and O–H groups in total. The average molecular weight is 275 g/mol. The number of hydrogen-bond donors (Lipinski definition) is 1. The second kappa shape index (κ2) is 5.27. The fourth-order valence-electron chi connectivity index (χ4n) is 2.61. The molecule has 0 bridgehead atoms. The Morgan fingerprint density at radius 2 is 2.32 bits per heavy atom. The molecule has 2 aromatic rings. The Morgan fingerprint density at radius 3 is 3.05 bits per heavy atom. The zero-order chi connectivity index (χ0) is 13.2. The summed E-state index contributed by atoms with van der Waals surface area (Å²) in [5, 5.41) is 0. The lowest BCUT2D eigenvalue weighted by Gasteiger charge is -2.13. The van der Waals surface area contributed by atoms with Crippen molar-refractivity contribution >= 4 is 28.2 Å². The lowest BCUT2D eigenvalue weighted by atomic mass is 10.1. The van der Waals surface area contributed by atoms with Crippen LogP contribution in [-0.2, 0) is 17.7 Å². The minimum absolute atomic E-state index is 0.485. The van der Waals surface area contributed by atoms with Crippen molar-refractivity contribution in [1.29, 1.82) is 0 Å². The summed E-state index contributed by atoms with van der Waals surface area (Å²) in [5.41, 5.74) is 7.84. The molecule has 5 heteroatoms. The van der Waals surface area contributed by atoms with Gasteiger partial charge in [-0.3, -0.25) is 0 Å². The van der Waals surface area contributed by atoms with Gasteiger partial charge in [-0.1, -0.05) is 24.4 Å². The average Bonchev–Trinajstić information content (AvgIpc) is 2.99. The van der Waals surface area contributed by atoms with Crippen LogP contribution in [0.3, 0.4) is 0 Å². The number of nitrogens with two attached hydrogens (primary N) is 1. The molecule has 1 unspecified atom stereocenters. The van der Waals surface area contributed by atoms with Crippen LogP contribution in [0, 0.1) is 5.92 Å². The van der Waals surface area contributed by atoms with Gasteiger partial charge in [0.05, 0.1) is 29.0 Å². The van der Waals surface area contributed by atoms with E-state index in [2.05, 4.69) is 15.6 Å². The normalized spacial score (nSPS) is 19.1. The van der Waals surface area contributed by atoms with E-state index in [-0.39, 0.29) is 0 Å². The number of aromatic nitrogens is 2. The van der Waals surface area contributed by atoms with Crippen molar-refractivity contribution in [3.63, 3.8) is 0 Å². The molecule has 1 aliphatic rings. The maximum Gasteiger partial charge on any atom is 0.116 e. The van der Waals surface area contributed by atoms with Crippen LogP contribution in [0.4, 0.5) is 0 Å². The number of benzene rings is 1. The molecule has 1 aromatic heterocycles. The zero-order valence-corrected chi connectivity index (χ0v) is 11.5. The number of ether oxygens (including phenoxy) is 1. The van der Waals surface area contributed by atoms with Gasteiger partial charge in [-0.15, -0.1) is 0 Å². The summed E-state index contributed by atoms with van der Waals surface area (Å²) in [6.07, 6.45) is 1.66. The lowest BCUT2D eigenvalue weighted by Crippen LogP contribution is -2.18. The Hall–Kier alpha value is -1.46. The standard InChI is InChI=1S/C14H17N3OS/c15-13(19)7-14-16-11-3-1-2-4-12(11)17(14)8-10-5-6-18-9-10/h1-4,10H,5-9H2,(H2,15,19). The van der Waals surface area contributed by atoms with E-state index < -0.39 is 0 Å². The number of thiocarbonyl (C=S) groups is 1. The third-order valence-electron chi connectivity index (χ3n) is 3.53. The predicted molar refractivity (Wildman–Crippen MR) is 79.1 cm³/mol. The van der Waals surface area contributed by atoms with Gasteiger partial charge in [-0.05, 0) is 18.6 Å². The maximum atomic E-state index is 5.68. The first-order valence-electron chi connectivity index (χ1n) is 6.54. The van der Waals surface area contributed by atoms with Gasteiger partial charge >= 0.3 is 0 Å². The van der Waals surface area contributed by atoms with Gasteiger partial charge in [0.25, 0.3) is 0 Å². The van der Waals surface area contributed by atoms with Gasteiger partial charge in [-0.25, -0.2) is 4.98 Å². The van der Waals surface area contributed by atoms with Crippen LogP contribution in [0.15, 0.2) is 24.3 Å². The molecule has 1 aromatic carbocycles. The van der Waals surface area contributed by atoms with Crippen molar-refractivity contribution in [2.45, 2.75) is 19.4 Å². The molecule has 0 radical (unpaired) electrons. The van der Waals surface area contributed by atoms with Crippen LogP contribution in [0.2, 0.25) is 0 Å². The van der Waals surface area contributed by atoms with Crippen molar-refractivity contribution in [3.8, 4) is 0 Å². The van der Waals surface area contributed by atoms with E-state index in [1.807, 2.05) is 18.2 Å². The molecule has 0 aliphatic carbocycles. The molecular formula is C14H17N3OS. The molecule has 0 saturated carbocycles. The van der Waals surface area contributed by atoms with E-state index >= 15 is 0 Å². The van der Waals surface area contributed by atoms with E-state index in [4.69, 9.17) is 22.7 Å². The number of para-hydroxylation sites is 2. The third-order valence-corrected chi connectivity index (χ3v) is 3.68. The Labute approximate surface area is 117 Å². The van der Waals surface area contributed by atoms with Crippen LogP contribution in [-0.4, -0.2) is 27.8 Å². The topological polar surface area (TPSA) is 53.1 Å². The molecule has 1 saturated heterocycles. The molecule has 0 amide bonds. The summed E-state index contributed by atoms with van der Waals surface area (Å²) in [5.74, 6) is 1.52. The van der Waals surface area contributed by atoms with E-state index in [0.717, 1.165) is 43.0 Å². The summed E-state index contributed by atoms with van der Waals surface area (Å²) in [4.78, 5) is 5.13. The Balaban J connectivity index is 1.99. The summed E-state index contributed by atoms with van der Waals surface area (Å²) in [6, 6.07) is 8.17. The first-order chi connectivity index (χ1) is 9.24. The van der Waals surface area contributed by atoms with E-state index in [1.165, 1.54) is 0 Å². The molecule has 1 atom stereocenters. The van der Waals surface area contributed by atoms with Crippen LogP contribution in [0.5, 0.6) is 0 Å². The van der Waals surface area contributed by atoms with Gasteiger partial charge in [0.15, 0.2) is 0 Å². The number of imidazole rings is 1. The highest BCUT2D eigenvalue weighted by Crippen LogP contribution is 2.21. The summed E-state index contributed by atoms with van der Waals surface area (Å²) in [6.45, 7) is 2.62. The van der Waals surface area contributed by atoms with Gasteiger partial charge in [-0.2, -0.15) is 0 Å². The van der Waals surface area contributed by atoms with Crippen LogP contribution < -0.4 is 5.73 Å². The van der Waals surface area contributed by atoms with Crippen molar-refractivity contribution in [3.05, 3.63) is 30.1 Å². The fourth-order valence-corrected chi connectivity index (χ4v) is 2.73. The largest absolute Gasteiger partial charge is 0.393 e. The molecule has 100 valence electrons. The smallest absolute Gasteiger partial charge is 0.116 e. The fraction of sp³-hybridized carbons (Fsp3) is 0.429. The van der Waals surface area contributed by atoms with E-state index in [9.17, 15) is 0 Å². The van der Waals surface area contributed by atoms with Crippen LogP contribution in [0.1, 0.15) is 12.2 Å². The van der Waals surface area contributed by atoms with Gasteiger partial charge in [0.2, 0.25) is 0 Å². The lowest BCUT2D eigenvalue weighted by molar-refractivity contribution is 0.182. The van der Waals surface area contributed by atoms with E-state index in [1.54, 1.807) is 0 Å². The maximum absolute atomic E-state index is 5.68. The summed E-state index contributed by atoms with van der Waals surface area (Å²) in [7, 11) is 0. The van der Waals surface area contributed by atoms with Crippen molar-refractivity contribution < 1.29 is 4.74 Å². The Bertz CT molecular complexity index is 602. The highest BCUT2D eigenvalue weighted by atomic mass is 32.1. The van der Waals surface area contributed by atoms with Gasteiger partial charge < -0.3 is 15.0 Å². The molecule has 2 heterocycles. The van der Waals surface area contributed by atoms with Crippen LogP contribution >= 0.6 is 12.2 Å². The molecule has 1 aliphatic heterocycles. The molecule has 0 spiro atoms. The minimum atomic E-state index is 0.485. The number of hydrogen-bond acceptors (Lipinski definition) is 3. The van der Waals surface area contributed by atoms with Gasteiger partial charge in [0, 0.05) is 19.1 Å². The second-order valence-corrected chi connectivity index (χ2v) is 5.52. The van der Waals surface area contributed by atoms with Gasteiger partial charge in [0.1, 0.15) is 5.82 Å². The highest BCUT2D eigenvalue weighted by Gasteiger charge is 2.19. The first kappa shape index (κ1) is 12.6. The molecule has 4 nitrogen and oxygen atoms in total. The molecular weight excluding hydrogens is 258 g/mol. The zero-order valence-electron chi connectivity index (χ0n) is 10.7. The predicted octanol–water partition coefficient (Wildman–Crippen LogP) is 1.90. The Kier molecular flexibility index (Phi) is 3.48. The van der Waals surface area contributed by atoms with Crippen LogP contribution in [0.25, 0.3) is 11.0 Å². The highest BCUT2D eigenvalue weighted by molar-refractivity contribution is 7.80. The van der Waals surface area contributed by atoms with Crippen molar-refractivity contribution in [2.75, 3.05) is 13.2 Å². The Morgan fingerprint density at radius 1 is 1.47 bits per heavy atom. The number of fused-ring (bicyclic) bond motifs is 1. The van der Waals surface area contributed by atoms with Crippen molar-refractivity contribution in [2.24, 2.45) is 11.7 Å². The van der Waals surface area contributed by atoms with E-state index in [0.29, 0.717) is 17.3 Å². The number of nitrogens with zero attached hydrogens (tertiary/aromatic N) is 2. The minimum Gasteiger partial charge on any atom is -0.393 e. The third kappa shape index (κ3) is 2.62.